The molecule has 1 aliphatic heterocycles. The van der Waals surface area contributed by atoms with Gasteiger partial charge < -0.3 is 10.2 Å². The van der Waals surface area contributed by atoms with Gasteiger partial charge in [-0.1, -0.05) is 33.6 Å². The average molecular weight is 373 g/mol. The number of amides is 2. The molecule has 2 aromatic rings. The normalized spacial score (nSPS) is 17.4. The Bertz CT molecular complexity index is 726. The quantitative estimate of drug-likeness (QED) is 0.891. The van der Waals surface area contributed by atoms with Gasteiger partial charge in [-0.05, 0) is 43.3 Å². The van der Waals surface area contributed by atoms with Gasteiger partial charge in [0.25, 0.3) is 0 Å². The van der Waals surface area contributed by atoms with Crippen molar-refractivity contribution < 1.29 is 9.59 Å². The van der Waals surface area contributed by atoms with Crippen LogP contribution in [0.5, 0.6) is 0 Å². The molecule has 118 valence electrons. The molecule has 2 aromatic carbocycles. The molecule has 0 unspecified atom stereocenters. The second kappa shape index (κ2) is 6.54. The summed E-state index contributed by atoms with van der Waals surface area (Å²) in [6, 6.07) is 15.2. The minimum Gasteiger partial charge on any atom is -0.326 e. The molecule has 1 aliphatic rings. The van der Waals surface area contributed by atoms with E-state index < -0.39 is 0 Å². The van der Waals surface area contributed by atoms with Crippen LogP contribution >= 0.6 is 15.9 Å². The van der Waals surface area contributed by atoms with Crippen molar-refractivity contribution in [3.05, 3.63) is 58.6 Å². The molecule has 1 heterocycles. The van der Waals surface area contributed by atoms with Crippen LogP contribution in [0.15, 0.2) is 53.0 Å². The van der Waals surface area contributed by atoms with E-state index in [1.165, 1.54) is 0 Å². The largest absolute Gasteiger partial charge is 0.326 e. The lowest BCUT2D eigenvalue weighted by molar-refractivity contribution is -0.122. The van der Waals surface area contributed by atoms with Crippen molar-refractivity contribution in [2.45, 2.75) is 13.3 Å². The predicted molar refractivity (Wildman–Crippen MR) is 94.4 cm³/mol. The van der Waals surface area contributed by atoms with Crippen molar-refractivity contribution in [2.75, 3.05) is 16.8 Å². The minimum absolute atomic E-state index is 0.00944. The second-order valence-corrected chi connectivity index (χ2v) is 6.65. The molecule has 1 fully saturated rings. The maximum atomic E-state index is 12.4. The van der Waals surface area contributed by atoms with Crippen molar-refractivity contribution in [2.24, 2.45) is 5.92 Å². The standard InChI is InChI=1S/C18H17BrN2O2/c1-12-2-8-16(9-3-12)21-11-13(10-17(21)22)18(23)20-15-6-4-14(19)5-7-15/h2-9,13H,10-11H2,1H3,(H,20,23)/t13-/m1/s1. The van der Waals surface area contributed by atoms with E-state index in [0.717, 1.165) is 21.4 Å². The Morgan fingerprint density at radius 3 is 2.43 bits per heavy atom. The average Bonchev–Trinajstić information content (AvgIpc) is 2.92. The molecule has 5 heteroatoms. The molecule has 0 spiro atoms. The molecule has 1 atom stereocenters. The van der Waals surface area contributed by atoms with Crippen LogP contribution in [0.3, 0.4) is 0 Å². The number of anilines is 2. The molecule has 1 N–H and O–H groups in total. The highest BCUT2D eigenvalue weighted by Crippen LogP contribution is 2.26. The Labute approximate surface area is 143 Å². The predicted octanol–water partition coefficient (Wildman–Crippen LogP) is 3.75. The zero-order valence-electron chi connectivity index (χ0n) is 12.8. The Hall–Kier alpha value is -2.14. The van der Waals surface area contributed by atoms with Gasteiger partial charge in [0.05, 0.1) is 5.92 Å². The summed E-state index contributed by atoms with van der Waals surface area (Å²) in [5.74, 6) is -0.451. The number of nitrogens with zero attached hydrogens (tertiary/aromatic N) is 1. The summed E-state index contributed by atoms with van der Waals surface area (Å²) in [7, 11) is 0. The molecule has 0 aromatic heterocycles. The number of aryl methyl sites for hydroxylation is 1. The number of benzene rings is 2. The Kier molecular flexibility index (Phi) is 4.48. The maximum Gasteiger partial charge on any atom is 0.229 e. The van der Waals surface area contributed by atoms with Crippen molar-refractivity contribution >= 4 is 39.1 Å². The molecule has 0 saturated carbocycles. The molecular formula is C18H17BrN2O2. The van der Waals surface area contributed by atoms with E-state index in [-0.39, 0.29) is 24.2 Å². The van der Waals surface area contributed by atoms with Crippen LogP contribution in [0, 0.1) is 12.8 Å². The van der Waals surface area contributed by atoms with Gasteiger partial charge in [0.15, 0.2) is 0 Å². The summed E-state index contributed by atoms with van der Waals surface area (Å²) in [6.45, 7) is 2.42. The zero-order valence-corrected chi connectivity index (χ0v) is 14.3. The van der Waals surface area contributed by atoms with Crippen molar-refractivity contribution in [1.29, 1.82) is 0 Å². The third-order valence-electron chi connectivity index (χ3n) is 3.95. The van der Waals surface area contributed by atoms with E-state index in [1.807, 2.05) is 55.5 Å². The van der Waals surface area contributed by atoms with E-state index in [0.29, 0.717) is 6.54 Å². The first-order valence-corrected chi connectivity index (χ1v) is 8.26. The fraction of sp³-hybridized carbons (Fsp3) is 0.222. The van der Waals surface area contributed by atoms with Gasteiger partial charge in [-0.15, -0.1) is 0 Å². The summed E-state index contributed by atoms with van der Waals surface area (Å²) in [5.41, 5.74) is 2.73. The van der Waals surface area contributed by atoms with Crippen LogP contribution < -0.4 is 10.2 Å². The van der Waals surface area contributed by atoms with Gasteiger partial charge in [0.2, 0.25) is 11.8 Å². The number of hydrogen-bond acceptors (Lipinski definition) is 2. The third-order valence-corrected chi connectivity index (χ3v) is 4.48. The summed E-state index contributed by atoms with van der Waals surface area (Å²) in [4.78, 5) is 26.3. The van der Waals surface area contributed by atoms with Crippen molar-refractivity contribution in [1.82, 2.24) is 0 Å². The number of nitrogens with one attached hydrogen (secondary N) is 1. The molecule has 0 radical (unpaired) electrons. The van der Waals surface area contributed by atoms with Crippen LogP contribution in [0.2, 0.25) is 0 Å². The van der Waals surface area contributed by atoms with E-state index in [1.54, 1.807) is 4.90 Å². The number of carbonyl (C=O) groups excluding carboxylic acids is 2. The summed E-state index contributed by atoms with van der Waals surface area (Å²) in [6.07, 6.45) is 0.246. The molecule has 2 amide bonds. The number of halogens is 1. The molecule has 23 heavy (non-hydrogen) atoms. The summed E-state index contributed by atoms with van der Waals surface area (Å²) >= 11 is 3.36. The van der Waals surface area contributed by atoms with Gasteiger partial charge in [0, 0.05) is 28.8 Å². The van der Waals surface area contributed by atoms with Crippen LogP contribution in [0.1, 0.15) is 12.0 Å². The first kappa shape index (κ1) is 15.7. The van der Waals surface area contributed by atoms with Gasteiger partial charge in [-0.2, -0.15) is 0 Å². The lowest BCUT2D eigenvalue weighted by atomic mass is 10.1. The van der Waals surface area contributed by atoms with Crippen LogP contribution in [-0.2, 0) is 9.59 Å². The summed E-state index contributed by atoms with van der Waals surface area (Å²) in [5, 5.41) is 2.87. The molecule has 1 saturated heterocycles. The topological polar surface area (TPSA) is 49.4 Å². The Morgan fingerprint density at radius 2 is 1.78 bits per heavy atom. The van der Waals surface area contributed by atoms with Gasteiger partial charge in [-0.25, -0.2) is 0 Å². The number of rotatable bonds is 3. The lowest BCUT2D eigenvalue weighted by Gasteiger charge is -2.17. The van der Waals surface area contributed by atoms with Crippen LogP contribution in [-0.4, -0.2) is 18.4 Å². The fourth-order valence-electron chi connectivity index (χ4n) is 2.63. The van der Waals surface area contributed by atoms with E-state index in [4.69, 9.17) is 0 Å². The first-order valence-electron chi connectivity index (χ1n) is 7.46. The van der Waals surface area contributed by atoms with Crippen molar-refractivity contribution in [3.63, 3.8) is 0 Å². The summed E-state index contributed by atoms with van der Waals surface area (Å²) < 4.78 is 0.956. The van der Waals surface area contributed by atoms with Gasteiger partial charge in [0.1, 0.15) is 0 Å². The first-order chi connectivity index (χ1) is 11.0. The molecule has 4 nitrogen and oxygen atoms in total. The lowest BCUT2D eigenvalue weighted by Crippen LogP contribution is -2.28. The second-order valence-electron chi connectivity index (χ2n) is 5.74. The molecule has 0 aliphatic carbocycles. The minimum atomic E-state index is -0.326. The smallest absolute Gasteiger partial charge is 0.229 e. The van der Waals surface area contributed by atoms with Crippen molar-refractivity contribution in [3.8, 4) is 0 Å². The maximum absolute atomic E-state index is 12.4. The third kappa shape index (κ3) is 3.62. The van der Waals surface area contributed by atoms with Gasteiger partial charge >= 0.3 is 0 Å². The van der Waals surface area contributed by atoms with Crippen LogP contribution in [0.4, 0.5) is 11.4 Å². The van der Waals surface area contributed by atoms with E-state index in [2.05, 4.69) is 21.2 Å². The highest BCUT2D eigenvalue weighted by Gasteiger charge is 2.35. The van der Waals surface area contributed by atoms with Gasteiger partial charge in [-0.3, -0.25) is 9.59 Å². The SMILES string of the molecule is Cc1ccc(N2C[C@H](C(=O)Nc3ccc(Br)cc3)CC2=O)cc1. The molecule has 3 rings (SSSR count). The monoisotopic (exact) mass is 372 g/mol. The Morgan fingerprint density at radius 1 is 1.13 bits per heavy atom. The van der Waals surface area contributed by atoms with Crippen LogP contribution in [0.25, 0.3) is 0 Å². The number of hydrogen-bond donors (Lipinski definition) is 1. The van der Waals surface area contributed by atoms with E-state index in [9.17, 15) is 9.59 Å². The Balaban J connectivity index is 1.68. The fourth-order valence-corrected chi connectivity index (χ4v) is 2.90. The molecule has 0 bridgehead atoms. The highest BCUT2D eigenvalue weighted by atomic mass is 79.9. The number of carbonyl (C=O) groups is 2. The highest BCUT2D eigenvalue weighted by molar-refractivity contribution is 9.10. The molecular weight excluding hydrogens is 356 g/mol. The van der Waals surface area contributed by atoms with E-state index >= 15 is 0 Å². The zero-order chi connectivity index (χ0) is 16.4.